The molecule has 3 aromatic carbocycles. The minimum Gasteiger partial charge on any atom is -0.480 e. The highest BCUT2D eigenvalue weighted by Gasteiger charge is 2.20. The molecule has 3 rings (SSSR count). The third kappa shape index (κ3) is 6.01. The van der Waals surface area contributed by atoms with Gasteiger partial charge in [-0.15, -0.1) is 0 Å². The van der Waals surface area contributed by atoms with Crippen LogP contribution in [0.4, 0.5) is 4.39 Å². The predicted octanol–water partition coefficient (Wildman–Crippen LogP) is 4.24. The van der Waals surface area contributed by atoms with Crippen LogP contribution >= 0.6 is 0 Å². The first-order valence-electron chi connectivity index (χ1n) is 9.42. The highest BCUT2D eigenvalue weighted by Crippen LogP contribution is 2.19. The van der Waals surface area contributed by atoms with Crippen molar-refractivity contribution >= 4 is 11.9 Å². The zero-order valence-electron chi connectivity index (χ0n) is 15.8. The van der Waals surface area contributed by atoms with E-state index >= 15 is 0 Å². The molecule has 0 saturated carbocycles. The number of nitrogens with one attached hydrogen (secondary N) is 1. The molecule has 0 spiro atoms. The highest BCUT2D eigenvalue weighted by molar-refractivity contribution is 5.83. The summed E-state index contributed by atoms with van der Waals surface area (Å²) in [4.78, 5) is 23.8. The van der Waals surface area contributed by atoms with Crippen LogP contribution in [0.2, 0.25) is 0 Å². The summed E-state index contributed by atoms with van der Waals surface area (Å²) in [6.45, 7) is 0. The van der Waals surface area contributed by atoms with E-state index in [-0.39, 0.29) is 24.6 Å². The van der Waals surface area contributed by atoms with E-state index < -0.39 is 12.0 Å². The van der Waals surface area contributed by atoms with Crippen LogP contribution in [0.1, 0.15) is 17.5 Å². The molecule has 148 valence electrons. The number of aliphatic carboxylic acids is 1. The molecule has 0 aliphatic heterocycles. The number of carboxylic acid groups (broad SMARTS) is 1. The Morgan fingerprint density at radius 1 is 0.828 bits per heavy atom. The number of carboxylic acids is 1. The number of halogens is 1. The molecule has 0 heterocycles. The quantitative estimate of drug-likeness (QED) is 0.604. The predicted molar refractivity (Wildman–Crippen MR) is 110 cm³/mol. The summed E-state index contributed by atoms with van der Waals surface area (Å²) >= 11 is 0. The van der Waals surface area contributed by atoms with Gasteiger partial charge in [-0.2, -0.15) is 0 Å². The van der Waals surface area contributed by atoms with Crippen LogP contribution in [-0.4, -0.2) is 23.0 Å². The lowest BCUT2D eigenvalue weighted by Crippen LogP contribution is -2.42. The number of carbonyl (C=O) groups excluding carboxylic acids is 1. The van der Waals surface area contributed by atoms with Gasteiger partial charge in [-0.3, -0.25) is 4.79 Å². The summed E-state index contributed by atoms with van der Waals surface area (Å²) in [7, 11) is 0. The minimum atomic E-state index is -1.08. The fraction of sp³-hybridized carbons (Fsp3) is 0.167. The molecule has 0 fully saturated rings. The molecule has 4 nitrogen and oxygen atoms in total. The summed E-state index contributed by atoms with van der Waals surface area (Å²) in [6, 6.07) is 22.5. The zero-order valence-corrected chi connectivity index (χ0v) is 15.8. The number of aryl methyl sites for hydroxylation is 1. The Labute approximate surface area is 169 Å². The largest absolute Gasteiger partial charge is 0.480 e. The molecule has 3 aromatic rings. The lowest BCUT2D eigenvalue weighted by atomic mass is 10.0. The van der Waals surface area contributed by atoms with Gasteiger partial charge < -0.3 is 10.4 Å². The Balaban J connectivity index is 1.57. The van der Waals surface area contributed by atoms with Crippen LogP contribution in [-0.2, 0) is 22.4 Å². The highest BCUT2D eigenvalue weighted by atomic mass is 19.1. The van der Waals surface area contributed by atoms with Crippen molar-refractivity contribution in [2.24, 2.45) is 0 Å². The van der Waals surface area contributed by atoms with Crippen molar-refractivity contribution in [1.82, 2.24) is 5.32 Å². The zero-order chi connectivity index (χ0) is 20.6. The number of hydrogen-bond donors (Lipinski definition) is 2. The first-order valence-corrected chi connectivity index (χ1v) is 9.42. The normalized spacial score (nSPS) is 11.6. The summed E-state index contributed by atoms with van der Waals surface area (Å²) in [5.41, 5.74) is 3.79. The summed E-state index contributed by atoms with van der Waals surface area (Å²) in [5, 5.41) is 12.1. The third-order valence-electron chi connectivity index (χ3n) is 4.69. The number of amides is 1. The molecule has 0 bridgehead atoms. The molecule has 1 amide bonds. The van der Waals surface area contributed by atoms with Gasteiger partial charge in [-0.25, -0.2) is 9.18 Å². The smallest absolute Gasteiger partial charge is 0.326 e. The summed E-state index contributed by atoms with van der Waals surface area (Å²) < 4.78 is 12.9. The summed E-state index contributed by atoms with van der Waals surface area (Å²) in [6.07, 6.45) is 0.763. The molecule has 29 heavy (non-hydrogen) atoms. The first-order chi connectivity index (χ1) is 14.0. The monoisotopic (exact) mass is 391 g/mol. The average molecular weight is 391 g/mol. The van der Waals surface area contributed by atoms with Gasteiger partial charge in [-0.05, 0) is 40.8 Å². The van der Waals surface area contributed by atoms with Crippen molar-refractivity contribution in [2.75, 3.05) is 0 Å². The van der Waals surface area contributed by atoms with Gasteiger partial charge in [-0.1, -0.05) is 66.7 Å². The molecule has 5 heteroatoms. The van der Waals surface area contributed by atoms with Gasteiger partial charge >= 0.3 is 5.97 Å². The van der Waals surface area contributed by atoms with Crippen LogP contribution in [0.3, 0.4) is 0 Å². The second-order valence-corrected chi connectivity index (χ2v) is 6.85. The lowest BCUT2D eigenvalue weighted by Gasteiger charge is -2.15. The van der Waals surface area contributed by atoms with Gasteiger partial charge in [0.25, 0.3) is 0 Å². The van der Waals surface area contributed by atoms with Crippen LogP contribution < -0.4 is 5.32 Å². The van der Waals surface area contributed by atoms with Crippen molar-refractivity contribution in [3.8, 4) is 11.1 Å². The molecule has 0 saturated heterocycles. The number of hydrogen-bond acceptors (Lipinski definition) is 2. The molecular weight excluding hydrogens is 369 g/mol. The van der Waals surface area contributed by atoms with Crippen LogP contribution in [0.15, 0.2) is 78.9 Å². The second kappa shape index (κ2) is 9.64. The Bertz CT molecular complexity index is 954. The van der Waals surface area contributed by atoms with Gasteiger partial charge in [0, 0.05) is 12.8 Å². The fourth-order valence-corrected chi connectivity index (χ4v) is 3.08. The van der Waals surface area contributed by atoms with Gasteiger partial charge in [0.05, 0.1) is 0 Å². The average Bonchev–Trinajstić information content (AvgIpc) is 2.74. The van der Waals surface area contributed by atoms with E-state index in [0.717, 1.165) is 22.3 Å². The van der Waals surface area contributed by atoms with Crippen molar-refractivity contribution in [3.05, 3.63) is 95.8 Å². The van der Waals surface area contributed by atoms with Crippen molar-refractivity contribution in [2.45, 2.75) is 25.3 Å². The molecular formula is C24H22FNO3. The van der Waals surface area contributed by atoms with Crippen LogP contribution in [0.5, 0.6) is 0 Å². The van der Waals surface area contributed by atoms with Crippen molar-refractivity contribution in [3.63, 3.8) is 0 Å². The molecule has 1 atom stereocenters. The van der Waals surface area contributed by atoms with E-state index in [1.165, 1.54) is 12.1 Å². The number of benzene rings is 3. The molecule has 2 N–H and O–H groups in total. The van der Waals surface area contributed by atoms with E-state index in [9.17, 15) is 19.1 Å². The van der Waals surface area contributed by atoms with Crippen LogP contribution in [0.25, 0.3) is 11.1 Å². The molecule has 0 aromatic heterocycles. The van der Waals surface area contributed by atoms with Crippen molar-refractivity contribution in [1.29, 1.82) is 0 Å². The van der Waals surface area contributed by atoms with Crippen molar-refractivity contribution < 1.29 is 19.1 Å². The van der Waals surface area contributed by atoms with Gasteiger partial charge in [0.1, 0.15) is 11.9 Å². The first kappa shape index (κ1) is 20.3. The lowest BCUT2D eigenvalue weighted by molar-refractivity contribution is -0.141. The molecule has 0 aliphatic rings. The second-order valence-electron chi connectivity index (χ2n) is 6.85. The topological polar surface area (TPSA) is 66.4 Å². The Hall–Kier alpha value is -3.47. The maximum absolute atomic E-state index is 12.9. The Morgan fingerprint density at radius 2 is 1.41 bits per heavy atom. The SMILES string of the molecule is O=C(CCc1ccc(F)cc1)NC(Cc1ccc(-c2ccccc2)cc1)C(=O)O. The maximum Gasteiger partial charge on any atom is 0.326 e. The third-order valence-corrected chi connectivity index (χ3v) is 4.69. The Kier molecular flexibility index (Phi) is 6.74. The van der Waals surface area contributed by atoms with E-state index in [0.29, 0.717) is 6.42 Å². The fourth-order valence-electron chi connectivity index (χ4n) is 3.08. The minimum absolute atomic E-state index is 0.141. The summed E-state index contributed by atoms with van der Waals surface area (Å²) in [5.74, 6) is -1.75. The van der Waals surface area contributed by atoms with Gasteiger partial charge in [0.15, 0.2) is 0 Å². The molecule has 0 radical (unpaired) electrons. The number of rotatable bonds is 8. The van der Waals surface area contributed by atoms with E-state index in [4.69, 9.17) is 0 Å². The van der Waals surface area contributed by atoms with Crippen LogP contribution in [0, 0.1) is 5.82 Å². The Morgan fingerprint density at radius 3 is 2.03 bits per heavy atom. The standard InChI is InChI=1S/C24H22FNO3/c25-21-13-8-17(9-14-21)10-15-23(27)26-22(24(28)29)16-18-6-11-20(12-7-18)19-4-2-1-3-5-19/h1-9,11-14,22H,10,15-16H2,(H,26,27)(H,28,29). The van der Waals surface area contributed by atoms with Gasteiger partial charge in [0.2, 0.25) is 5.91 Å². The van der Waals surface area contributed by atoms with E-state index in [1.807, 2.05) is 54.6 Å². The van der Waals surface area contributed by atoms with E-state index in [1.54, 1.807) is 12.1 Å². The van der Waals surface area contributed by atoms with E-state index in [2.05, 4.69) is 5.32 Å². The maximum atomic E-state index is 12.9. The number of carbonyl (C=O) groups is 2. The molecule has 1 unspecified atom stereocenters. The molecule has 0 aliphatic carbocycles.